The van der Waals surface area contributed by atoms with Crippen molar-refractivity contribution in [2.24, 2.45) is 0 Å². The molecule has 7 heteroatoms. The van der Waals surface area contributed by atoms with E-state index in [1.807, 2.05) is 0 Å². The largest absolute Gasteiger partial charge is 0.282 e. The van der Waals surface area contributed by atoms with E-state index in [-0.39, 0.29) is 16.4 Å². The number of hydrogen-bond donors (Lipinski definition) is 0. The molecule has 0 aliphatic rings. The summed E-state index contributed by atoms with van der Waals surface area (Å²) < 4.78 is 0. The van der Waals surface area contributed by atoms with Crippen molar-refractivity contribution in [1.82, 2.24) is 4.98 Å². The first-order valence-electron chi connectivity index (χ1n) is 5.22. The molecule has 0 bridgehead atoms. The number of nitro groups is 1. The maximum absolute atomic E-state index is 11.2. The van der Waals surface area contributed by atoms with Gasteiger partial charge in [0.2, 0.25) is 6.41 Å². The zero-order valence-electron chi connectivity index (χ0n) is 9.56. The maximum Gasteiger partial charge on any atom is 0.271 e. The second-order valence-corrected chi connectivity index (χ2v) is 3.98. The quantitative estimate of drug-likeness (QED) is 0.489. The normalized spacial score (nSPS) is 9.95. The van der Waals surface area contributed by atoms with E-state index in [1.165, 1.54) is 35.5 Å². The number of anilines is 2. The van der Waals surface area contributed by atoms with Gasteiger partial charge in [0.15, 0.2) is 0 Å². The van der Waals surface area contributed by atoms with Crippen LogP contribution in [0.25, 0.3) is 0 Å². The molecule has 0 atom stereocenters. The minimum absolute atomic E-state index is 0.139. The van der Waals surface area contributed by atoms with Crippen LogP contribution in [0.3, 0.4) is 0 Å². The summed E-state index contributed by atoms with van der Waals surface area (Å²) in [7, 11) is 0. The van der Waals surface area contributed by atoms with Gasteiger partial charge in [0.05, 0.1) is 21.3 Å². The van der Waals surface area contributed by atoms with Gasteiger partial charge in [-0.15, -0.1) is 0 Å². The van der Waals surface area contributed by atoms with Gasteiger partial charge >= 0.3 is 0 Å². The monoisotopic (exact) mass is 277 g/mol. The molecular weight excluding hydrogens is 270 g/mol. The van der Waals surface area contributed by atoms with Crippen LogP contribution in [0, 0.1) is 10.1 Å². The summed E-state index contributed by atoms with van der Waals surface area (Å²) >= 11 is 5.99. The number of benzene rings is 1. The predicted molar refractivity (Wildman–Crippen MR) is 70.5 cm³/mol. The van der Waals surface area contributed by atoms with Gasteiger partial charge < -0.3 is 0 Å². The number of nitrogens with zero attached hydrogens (tertiary/aromatic N) is 3. The smallest absolute Gasteiger partial charge is 0.271 e. The highest BCUT2D eigenvalue weighted by atomic mass is 35.5. The van der Waals surface area contributed by atoms with Crippen LogP contribution in [0.4, 0.5) is 17.1 Å². The summed E-state index contributed by atoms with van der Waals surface area (Å²) in [5, 5.41) is 11.0. The number of nitro benzene ring substituents is 1. The third-order valence-electron chi connectivity index (χ3n) is 2.45. The minimum Gasteiger partial charge on any atom is -0.282 e. The first-order chi connectivity index (χ1) is 9.13. The Morgan fingerprint density at radius 1 is 1.26 bits per heavy atom. The van der Waals surface area contributed by atoms with Crippen LogP contribution >= 0.6 is 11.6 Å². The molecule has 1 aromatic carbocycles. The average molecular weight is 278 g/mol. The van der Waals surface area contributed by atoms with Gasteiger partial charge in [0, 0.05) is 24.5 Å². The highest BCUT2D eigenvalue weighted by Crippen LogP contribution is 2.33. The van der Waals surface area contributed by atoms with Crippen molar-refractivity contribution in [3.8, 4) is 0 Å². The van der Waals surface area contributed by atoms with Crippen molar-refractivity contribution in [3.05, 3.63) is 57.9 Å². The van der Waals surface area contributed by atoms with Gasteiger partial charge in [-0.05, 0) is 18.2 Å². The van der Waals surface area contributed by atoms with Crippen molar-refractivity contribution < 1.29 is 9.72 Å². The van der Waals surface area contributed by atoms with Crippen LogP contribution < -0.4 is 4.90 Å². The summed E-state index contributed by atoms with van der Waals surface area (Å²) in [5.41, 5.74) is 0.629. The van der Waals surface area contributed by atoms with Crippen LogP contribution in [0.15, 0.2) is 42.7 Å². The fourth-order valence-electron chi connectivity index (χ4n) is 1.56. The minimum atomic E-state index is -0.546. The van der Waals surface area contributed by atoms with E-state index >= 15 is 0 Å². The van der Waals surface area contributed by atoms with Gasteiger partial charge in [-0.25, -0.2) is 0 Å². The number of rotatable bonds is 4. The molecule has 0 aliphatic carbocycles. The van der Waals surface area contributed by atoms with Gasteiger partial charge in [0.25, 0.3) is 5.69 Å². The Labute approximate surface area is 113 Å². The van der Waals surface area contributed by atoms with Crippen molar-refractivity contribution in [2.45, 2.75) is 0 Å². The zero-order valence-corrected chi connectivity index (χ0v) is 10.3. The molecule has 0 spiro atoms. The van der Waals surface area contributed by atoms with E-state index in [2.05, 4.69) is 4.98 Å². The average Bonchev–Trinajstić information content (AvgIpc) is 2.42. The van der Waals surface area contributed by atoms with Crippen LogP contribution in [-0.4, -0.2) is 16.3 Å². The highest BCUT2D eigenvalue weighted by molar-refractivity contribution is 6.34. The van der Waals surface area contributed by atoms with E-state index in [0.717, 1.165) is 0 Å². The molecule has 96 valence electrons. The number of pyridine rings is 1. The topological polar surface area (TPSA) is 76.3 Å². The van der Waals surface area contributed by atoms with Gasteiger partial charge in [0.1, 0.15) is 0 Å². The van der Waals surface area contributed by atoms with Crippen LogP contribution in [0.5, 0.6) is 0 Å². The lowest BCUT2D eigenvalue weighted by atomic mass is 10.2. The van der Waals surface area contributed by atoms with Crippen molar-refractivity contribution in [1.29, 1.82) is 0 Å². The van der Waals surface area contributed by atoms with E-state index < -0.39 is 4.92 Å². The molecular formula is C12H8ClN3O3. The third-order valence-corrected chi connectivity index (χ3v) is 2.77. The Hall–Kier alpha value is -2.47. The fraction of sp³-hybridized carbons (Fsp3) is 0. The molecule has 0 fully saturated rings. The Kier molecular flexibility index (Phi) is 3.72. The molecule has 1 amide bonds. The number of amides is 1. The van der Waals surface area contributed by atoms with Crippen LogP contribution in [-0.2, 0) is 4.79 Å². The highest BCUT2D eigenvalue weighted by Gasteiger charge is 2.16. The number of carbonyl (C=O) groups is 1. The summed E-state index contributed by atoms with van der Waals surface area (Å²) in [6, 6.07) is 7.11. The second-order valence-electron chi connectivity index (χ2n) is 3.57. The molecule has 0 unspecified atom stereocenters. The number of carbonyl (C=O) groups excluding carboxylic acids is 1. The van der Waals surface area contributed by atoms with Crippen molar-refractivity contribution in [2.75, 3.05) is 4.90 Å². The summed E-state index contributed by atoms with van der Waals surface area (Å²) in [5.74, 6) is 0. The van der Waals surface area contributed by atoms with Crippen LogP contribution in [0.2, 0.25) is 5.02 Å². The van der Waals surface area contributed by atoms with Crippen molar-refractivity contribution in [3.63, 3.8) is 0 Å². The molecule has 1 heterocycles. The molecule has 19 heavy (non-hydrogen) atoms. The van der Waals surface area contributed by atoms with E-state index in [0.29, 0.717) is 12.1 Å². The fourth-order valence-corrected chi connectivity index (χ4v) is 1.77. The van der Waals surface area contributed by atoms with E-state index in [1.54, 1.807) is 12.1 Å². The lowest BCUT2D eigenvalue weighted by Crippen LogP contribution is -2.14. The SMILES string of the molecule is O=CN(c1ccncc1)c1cc([N+](=O)[O-])ccc1Cl. The van der Waals surface area contributed by atoms with E-state index in [4.69, 9.17) is 11.6 Å². The Morgan fingerprint density at radius 2 is 1.95 bits per heavy atom. The van der Waals surface area contributed by atoms with Crippen LogP contribution in [0.1, 0.15) is 0 Å². The molecule has 0 saturated heterocycles. The molecule has 0 saturated carbocycles. The zero-order chi connectivity index (χ0) is 13.8. The molecule has 2 rings (SSSR count). The third kappa shape index (κ3) is 2.69. The van der Waals surface area contributed by atoms with Crippen molar-refractivity contribution >= 4 is 35.1 Å². The number of non-ortho nitro benzene ring substituents is 1. The first kappa shape index (κ1) is 13.0. The Bertz CT molecular complexity index is 619. The summed E-state index contributed by atoms with van der Waals surface area (Å²) in [4.78, 5) is 26.5. The summed E-state index contributed by atoms with van der Waals surface area (Å²) in [6.45, 7) is 0. The van der Waals surface area contributed by atoms with Gasteiger partial charge in [-0.3, -0.25) is 24.8 Å². The summed E-state index contributed by atoms with van der Waals surface area (Å²) in [6.07, 6.45) is 3.56. The number of hydrogen-bond acceptors (Lipinski definition) is 4. The standard InChI is InChI=1S/C12H8ClN3O3/c13-11-2-1-10(16(18)19)7-12(11)15(8-17)9-3-5-14-6-4-9/h1-8H. The Morgan fingerprint density at radius 3 is 2.53 bits per heavy atom. The lowest BCUT2D eigenvalue weighted by Gasteiger charge is -2.18. The van der Waals surface area contributed by atoms with Gasteiger partial charge in [-0.2, -0.15) is 0 Å². The second kappa shape index (κ2) is 5.45. The molecule has 2 aromatic rings. The van der Waals surface area contributed by atoms with Gasteiger partial charge in [-0.1, -0.05) is 11.6 Å². The molecule has 0 radical (unpaired) electrons. The maximum atomic E-state index is 11.2. The molecule has 6 nitrogen and oxygen atoms in total. The van der Waals surface area contributed by atoms with E-state index in [9.17, 15) is 14.9 Å². The molecule has 0 aliphatic heterocycles. The number of halogens is 1. The Balaban J connectivity index is 2.52. The lowest BCUT2D eigenvalue weighted by molar-refractivity contribution is -0.384. The molecule has 1 aromatic heterocycles. The predicted octanol–water partition coefficient (Wildman–Crippen LogP) is 2.94. The molecule has 0 N–H and O–H groups in total. The number of aromatic nitrogens is 1. The first-order valence-corrected chi connectivity index (χ1v) is 5.60.